The second-order valence-corrected chi connectivity index (χ2v) is 10.6. The zero-order valence-electron chi connectivity index (χ0n) is 29.5. The number of nitrogens with one attached hydrogen (secondary N) is 3. The average molecular weight is 682 g/mol. The molecule has 0 saturated heterocycles. The van der Waals surface area contributed by atoms with E-state index in [4.69, 9.17) is 28.4 Å². The molecule has 0 amide bonds. The molecule has 0 aliphatic carbocycles. The maximum atomic E-state index is 12.6. The maximum absolute atomic E-state index is 12.6. The lowest BCUT2D eigenvalue weighted by atomic mass is 9.82. The second kappa shape index (κ2) is 21.7. The standard InChI is InChI=1S/C33H51N3O12/c1-10-19-22(16-34-25(31(40)46-7)13-28(37)43-4)20(11-2)24(18-36-27(33(42)48-9)15-30(39)45-6)21(12-3)23(19)17-35-26(32(41)47-8)14-29(38)44-5/h25-27,34-36H,10-18H2,1-9H3/t25-,26-,27-/m0/s1. The van der Waals surface area contributed by atoms with Gasteiger partial charge in [-0.25, -0.2) is 0 Å². The maximum Gasteiger partial charge on any atom is 0.323 e. The van der Waals surface area contributed by atoms with Crippen LogP contribution in [-0.4, -0.2) is 96.6 Å². The molecule has 0 fully saturated rings. The van der Waals surface area contributed by atoms with Gasteiger partial charge in [-0.1, -0.05) is 20.8 Å². The van der Waals surface area contributed by atoms with E-state index >= 15 is 0 Å². The van der Waals surface area contributed by atoms with Gasteiger partial charge < -0.3 is 28.4 Å². The van der Waals surface area contributed by atoms with Crippen molar-refractivity contribution in [2.75, 3.05) is 42.7 Å². The third-order valence-electron chi connectivity index (χ3n) is 8.07. The number of esters is 6. The van der Waals surface area contributed by atoms with Gasteiger partial charge in [0.25, 0.3) is 0 Å². The third kappa shape index (κ3) is 11.9. The Morgan fingerprint density at radius 3 is 0.812 bits per heavy atom. The van der Waals surface area contributed by atoms with Crippen LogP contribution in [0, 0.1) is 0 Å². The van der Waals surface area contributed by atoms with Gasteiger partial charge in [-0.15, -0.1) is 0 Å². The average Bonchev–Trinajstić information content (AvgIpc) is 3.11. The highest BCUT2D eigenvalue weighted by Gasteiger charge is 2.29. The van der Waals surface area contributed by atoms with Crippen LogP contribution in [0.2, 0.25) is 0 Å². The largest absolute Gasteiger partial charge is 0.469 e. The molecule has 15 nitrogen and oxygen atoms in total. The Balaban J connectivity index is 3.90. The summed E-state index contributed by atoms with van der Waals surface area (Å²) >= 11 is 0. The highest BCUT2D eigenvalue weighted by Crippen LogP contribution is 2.31. The van der Waals surface area contributed by atoms with Crippen LogP contribution >= 0.6 is 0 Å². The van der Waals surface area contributed by atoms with Crippen molar-refractivity contribution in [2.24, 2.45) is 0 Å². The van der Waals surface area contributed by atoms with Crippen molar-refractivity contribution < 1.29 is 57.2 Å². The van der Waals surface area contributed by atoms with Crippen molar-refractivity contribution in [1.82, 2.24) is 16.0 Å². The Labute approximate surface area is 282 Å². The molecule has 0 aromatic heterocycles. The second-order valence-electron chi connectivity index (χ2n) is 10.6. The molecule has 1 aromatic rings. The highest BCUT2D eigenvalue weighted by atomic mass is 16.5. The summed E-state index contributed by atoms with van der Waals surface area (Å²) in [6.45, 7) is 6.37. The van der Waals surface area contributed by atoms with Crippen LogP contribution in [0.3, 0.4) is 0 Å². The molecule has 3 atom stereocenters. The molecule has 0 radical (unpaired) electrons. The van der Waals surface area contributed by atoms with Gasteiger partial charge in [0.15, 0.2) is 0 Å². The molecule has 1 rings (SSSR count). The van der Waals surface area contributed by atoms with Gasteiger partial charge in [0, 0.05) is 19.6 Å². The minimum Gasteiger partial charge on any atom is -0.469 e. The number of rotatable bonds is 21. The van der Waals surface area contributed by atoms with Crippen molar-refractivity contribution in [3.05, 3.63) is 33.4 Å². The summed E-state index contributed by atoms with van der Waals surface area (Å²) in [7, 11) is 7.37. The van der Waals surface area contributed by atoms with E-state index in [1.54, 1.807) is 0 Å². The van der Waals surface area contributed by atoms with Crippen molar-refractivity contribution in [3.8, 4) is 0 Å². The number of hydrogen-bond acceptors (Lipinski definition) is 15. The molecule has 270 valence electrons. The summed E-state index contributed by atoms with van der Waals surface area (Å²) in [6, 6.07) is -3.00. The molecule has 0 saturated carbocycles. The van der Waals surface area contributed by atoms with E-state index < -0.39 is 53.9 Å². The molecule has 1 aromatic carbocycles. The fourth-order valence-electron chi connectivity index (χ4n) is 5.58. The van der Waals surface area contributed by atoms with E-state index in [2.05, 4.69) is 16.0 Å². The number of methoxy groups -OCH3 is 6. The summed E-state index contributed by atoms with van der Waals surface area (Å²) < 4.78 is 29.1. The van der Waals surface area contributed by atoms with Gasteiger partial charge in [-0.05, 0) is 52.6 Å². The Kier molecular flexibility index (Phi) is 19.0. The quantitative estimate of drug-likeness (QED) is 0.123. The lowest BCUT2D eigenvalue weighted by Gasteiger charge is -2.29. The zero-order chi connectivity index (χ0) is 36.4. The molecule has 0 heterocycles. The van der Waals surface area contributed by atoms with E-state index in [-0.39, 0.29) is 38.9 Å². The van der Waals surface area contributed by atoms with E-state index in [1.807, 2.05) is 20.8 Å². The molecule has 0 spiro atoms. The number of ether oxygens (including phenoxy) is 6. The SMILES string of the molecule is CCc1c(CN[C@@H](CC(=O)OC)C(=O)OC)c(CC)c(CN[C@@H](CC(=O)OC)C(=O)OC)c(CC)c1CN[C@@H](CC(=O)OC)C(=O)OC. The fraction of sp³-hybridized carbons (Fsp3) is 0.636. The van der Waals surface area contributed by atoms with Crippen LogP contribution in [0.25, 0.3) is 0 Å². The van der Waals surface area contributed by atoms with Crippen molar-refractivity contribution in [2.45, 2.75) is 97.1 Å². The Hall–Kier alpha value is -4.08. The molecule has 0 aliphatic heterocycles. The van der Waals surface area contributed by atoms with E-state index in [1.165, 1.54) is 42.7 Å². The van der Waals surface area contributed by atoms with Gasteiger partial charge in [0.1, 0.15) is 18.1 Å². The van der Waals surface area contributed by atoms with Crippen molar-refractivity contribution in [1.29, 1.82) is 0 Å². The van der Waals surface area contributed by atoms with Crippen LogP contribution in [0.4, 0.5) is 0 Å². The topological polar surface area (TPSA) is 194 Å². The van der Waals surface area contributed by atoms with Crippen LogP contribution in [-0.2, 0) is 96.1 Å². The summed E-state index contributed by atoms with van der Waals surface area (Å²) in [5, 5.41) is 9.48. The number of carbonyl (C=O) groups excluding carboxylic acids is 6. The van der Waals surface area contributed by atoms with Crippen molar-refractivity contribution >= 4 is 35.8 Å². The minimum absolute atomic E-state index is 0.151. The third-order valence-corrected chi connectivity index (χ3v) is 8.07. The number of benzene rings is 1. The van der Waals surface area contributed by atoms with Gasteiger partial charge in [-0.3, -0.25) is 44.7 Å². The predicted molar refractivity (Wildman–Crippen MR) is 172 cm³/mol. The summed E-state index contributed by atoms with van der Waals surface area (Å²) in [4.78, 5) is 74.2. The van der Waals surface area contributed by atoms with E-state index in [9.17, 15) is 28.8 Å². The summed E-state index contributed by atoms with van der Waals surface area (Å²) in [5.41, 5.74) is 5.30. The highest BCUT2D eigenvalue weighted by molar-refractivity contribution is 5.84. The molecule has 3 N–H and O–H groups in total. The predicted octanol–water partition coefficient (Wildman–Crippen LogP) is 0.957. The van der Waals surface area contributed by atoms with E-state index in [0.717, 1.165) is 33.4 Å². The van der Waals surface area contributed by atoms with Gasteiger partial charge >= 0.3 is 35.8 Å². The van der Waals surface area contributed by atoms with Crippen LogP contribution in [0.15, 0.2) is 0 Å². The minimum atomic E-state index is -1.00. The zero-order valence-corrected chi connectivity index (χ0v) is 29.5. The first-order valence-corrected chi connectivity index (χ1v) is 15.7. The monoisotopic (exact) mass is 681 g/mol. The van der Waals surface area contributed by atoms with Gasteiger partial charge in [0.2, 0.25) is 0 Å². The first-order valence-electron chi connectivity index (χ1n) is 15.7. The fourth-order valence-corrected chi connectivity index (χ4v) is 5.58. The smallest absolute Gasteiger partial charge is 0.323 e. The Morgan fingerprint density at radius 1 is 0.417 bits per heavy atom. The lowest BCUT2D eigenvalue weighted by Crippen LogP contribution is -2.41. The number of carbonyl (C=O) groups is 6. The van der Waals surface area contributed by atoms with Gasteiger partial charge in [0.05, 0.1) is 61.9 Å². The molecule has 0 aliphatic rings. The molecule has 48 heavy (non-hydrogen) atoms. The molecular weight excluding hydrogens is 630 g/mol. The van der Waals surface area contributed by atoms with Crippen LogP contribution in [0.1, 0.15) is 73.4 Å². The lowest BCUT2D eigenvalue weighted by molar-refractivity contribution is -0.149. The first kappa shape index (κ1) is 41.9. The Morgan fingerprint density at radius 2 is 0.646 bits per heavy atom. The first-order chi connectivity index (χ1) is 22.9. The molecule has 15 heteroatoms. The summed E-state index contributed by atoms with van der Waals surface area (Å²) in [6.07, 6.45) is 0.873. The van der Waals surface area contributed by atoms with Crippen molar-refractivity contribution in [3.63, 3.8) is 0 Å². The number of hydrogen-bond donors (Lipinski definition) is 3. The molecule has 0 bridgehead atoms. The van der Waals surface area contributed by atoms with Crippen LogP contribution < -0.4 is 16.0 Å². The normalized spacial score (nSPS) is 12.7. The molecule has 0 unspecified atom stereocenters. The molecular formula is C33H51N3O12. The summed E-state index contributed by atoms with van der Waals surface area (Å²) in [5.74, 6) is -3.72. The Bertz CT molecular complexity index is 1110. The van der Waals surface area contributed by atoms with Gasteiger partial charge in [-0.2, -0.15) is 0 Å². The van der Waals surface area contributed by atoms with Crippen LogP contribution in [0.5, 0.6) is 0 Å². The van der Waals surface area contributed by atoms with E-state index in [0.29, 0.717) is 19.3 Å².